The van der Waals surface area contributed by atoms with Gasteiger partial charge in [-0.15, -0.1) is 11.6 Å². The van der Waals surface area contributed by atoms with Crippen molar-refractivity contribution >= 4 is 45.8 Å². The molecule has 1 aromatic rings. The molecule has 5 heteroatoms. The molecule has 0 radical (unpaired) electrons. The Morgan fingerprint density at radius 3 is 2.54 bits per heavy atom. The van der Waals surface area contributed by atoms with Crippen molar-refractivity contribution in [2.45, 2.75) is 15.4 Å². The number of pyridine rings is 1. The predicted octanol–water partition coefficient (Wildman–Crippen LogP) is 4.14. The summed E-state index contributed by atoms with van der Waals surface area (Å²) >= 11 is 12.7. The minimum Gasteiger partial charge on any atom is -0.255 e. The van der Waals surface area contributed by atoms with E-state index in [-0.39, 0.29) is 11.1 Å². The Morgan fingerprint density at radius 2 is 2.23 bits per heavy atom. The van der Waals surface area contributed by atoms with Gasteiger partial charge >= 0.3 is 0 Å². The molecule has 1 nitrogen and oxygen atoms in total. The molecule has 0 aromatic carbocycles. The molecule has 1 rings (SSSR count). The van der Waals surface area contributed by atoms with Gasteiger partial charge in [0.1, 0.15) is 5.69 Å². The first-order valence-electron chi connectivity index (χ1n) is 3.58. The zero-order valence-corrected chi connectivity index (χ0v) is 10.4. The molecule has 0 spiro atoms. The van der Waals surface area contributed by atoms with Crippen molar-refractivity contribution in [1.82, 2.24) is 4.98 Å². The van der Waals surface area contributed by atoms with Crippen molar-refractivity contribution in [1.29, 1.82) is 0 Å². The minimum absolute atomic E-state index is 0.125. The molecule has 72 valence electrons. The van der Waals surface area contributed by atoms with Crippen LogP contribution in [0.25, 0.3) is 0 Å². The van der Waals surface area contributed by atoms with Gasteiger partial charge in [0.2, 0.25) is 0 Å². The quantitative estimate of drug-likeness (QED) is 0.585. The van der Waals surface area contributed by atoms with E-state index in [0.29, 0.717) is 0 Å². The molecule has 0 aliphatic carbocycles. The third kappa shape index (κ3) is 3.22. The van der Waals surface area contributed by atoms with Crippen molar-refractivity contribution in [2.24, 2.45) is 0 Å². The lowest BCUT2D eigenvalue weighted by molar-refractivity contribution is 0.429. The van der Waals surface area contributed by atoms with Crippen molar-refractivity contribution in [3.63, 3.8) is 0 Å². The van der Waals surface area contributed by atoms with Gasteiger partial charge in [-0.05, 0) is 41.1 Å². The Labute approximate surface area is 99.8 Å². The zero-order chi connectivity index (χ0) is 10.1. The average Bonchev–Trinajstić information content (AvgIpc) is 2.03. The van der Waals surface area contributed by atoms with E-state index in [1.54, 1.807) is 6.07 Å². The topological polar surface area (TPSA) is 12.9 Å². The zero-order valence-electron chi connectivity index (χ0n) is 6.77. The summed E-state index contributed by atoms with van der Waals surface area (Å²) in [5.41, 5.74) is 1.04. The summed E-state index contributed by atoms with van der Waals surface area (Å²) in [7, 11) is 0. The van der Waals surface area contributed by atoms with Crippen molar-refractivity contribution < 1.29 is 4.39 Å². The Bertz CT molecular complexity index is 281. The number of aromatic nitrogens is 1. The predicted molar refractivity (Wildman–Crippen MR) is 61.2 cm³/mol. The van der Waals surface area contributed by atoms with Crippen molar-refractivity contribution in [2.75, 3.05) is 0 Å². The second-order valence-electron chi connectivity index (χ2n) is 2.59. The maximum Gasteiger partial charge on any atom is 0.275 e. The van der Waals surface area contributed by atoms with E-state index in [1.807, 2.05) is 6.92 Å². The molecule has 0 amide bonds. The van der Waals surface area contributed by atoms with Crippen LogP contribution in [-0.2, 0) is 3.13 Å². The van der Waals surface area contributed by atoms with Gasteiger partial charge in [0.15, 0.2) is 0 Å². The normalized spacial score (nSPS) is 17.9. The molecule has 2 atom stereocenters. The van der Waals surface area contributed by atoms with Gasteiger partial charge in [0.25, 0.3) is 3.13 Å². The number of alkyl halides is 4. The summed E-state index contributed by atoms with van der Waals surface area (Å²) in [4.78, 5) is 3.87. The van der Waals surface area contributed by atoms with Gasteiger partial charge in [0.05, 0.1) is 5.38 Å². The van der Waals surface area contributed by atoms with Crippen molar-refractivity contribution in [3.8, 4) is 0 Å². The Balaban J connectivity index is 2.94. The molecule has 0 aliphatic rings. The number of rotatable bonds is 2. The molecule has 0 N–H and O–H groups in total. The monoisotopic (exact) mass is 333 g/mol. The second kappa shape index (κ2) is 4.28. The second-order valence-corrected chi connectivity index (χ2v) is 5.89. The third-order valence-corrected chi connectivity index (χ3v) is 2.53. The molecule has 1 aromatic heterocycles. The highest BCUT2D eigenvalue weighted by Crippen LogP contribution is 2.36. The molecule has 2 unspecified atom stereocenters. The molecule has 0 bridgehead atoms. The summed E-state index contributed by atoms with van der Waals surface area (Å²) in [6.45, 7) is 1.83. The van der Waals surface area contributed by atoms with Crippen LogP contribution >= 0.6 is 45.8 Å². The maximum atomic E-state index is 13.1. The smallest absolute Gasteiger partial charge is 0.255 e. The first-order chi connectivity index (χ1) is 5.91. The fraction of sp³-hybridized carbons (Fsp3) is 0.375. The summed E-state index contributed by atoms with van der Waals surface area (Å²) < 4.78 is 11.2. The fourth-order valence-corrected chi connectivity index (χ4v) is 1.37. The maximum absolute atomic E-state index is 13.1. The van der Waals surface area contributed by atoms with E-state index < -0.39 is 3.13 Å². The molecule has 13 heavy (non-hydrogen) atoms. The Kier molecular flexibility index (Phi) is 3.77. The summed E-state index contributed by atoms with van der Waals surface area (Å²) in [5.74, 6) is 0. The van der Waals surface area contributed by atoms with Crippen LogP contribution in [0.5, 0.6) is 0 Å². The molecule has 0 saturated heterocycles. The van der Waals surface area contributed by atoms with E-state index >= 15 is 0 Å². The van der Waals surface area contributed by atoms with Crippen molar-refractivity contribution in [3.05, 3.63) is 29.6 Å². The number of halogens is 4. The largest absolute Gasteiger partial charge is 0.275 e. The van der Waals surface area contributed by atoms with Gasteiger partial charge in [0, 0.05) is 6.20 Å². The molecule has 0 saturated carbocycles. The first kappa shape index (κ1) is 11.5. The van der Waals surface area contributed by atoms with Crippen LogP contribution in [0.1, 0.15) is 23.6 Å². The summed E-state index contributed by atoms with van der Waals surface area (Å²) in [6, 6.07) is 3.25. The van der Waals surface area contributed by atoms with Crippen LogP contribution in [0.4, 0.5) is 4.39 Å². The first-order valence-corrected chi connectivity index (χ1v) is 5.48. The van der Waals surface area contributed by atoms with Crippen LogP contribution in [-0.4, -0.2) is 4.98 Å². The molecule has 1 heterocycles. The molecular weight excluding hydrogens is 327 g/mol. The van der Waals surface area contributed by atoms with E-state index in [0.717, 1.165) is 5.56 Å². The van der Waals surface area contributed by atoms with Gasteiger partial charge in [-0.2, -0.15) is 0 Å². The van der Waals surface area contributed by atoms with E-state index in [1.165, 1.54) is 34.9 Å². The van der Waals surface area contributed by atoms with Crippen LogP contribution in [0, 0.1) is 0 Å². The van der Waals surface area contributed by atoms with Crippen LogP contribution < -0.4 is 0 Å². The highest BCUT2D eigenvalue weighted by molar-refractivity contribution is 14.1. The highest BCUT2D eigenvalue weighted by atomic mass is 127. The SMILES string of the molecule is CC(Cl)c1ccc(C(F)(Cl)I)nc1. The Hall–Kier alpha value is 0.390. The lowest BCUT2D eigenvalue weighted by atomic mass is 10.2. The standard InChI is InChI=1S/C8H7Cl2FIN/c1-5(9)6-2-3-7(13-4-6)8(10,11)12/h2-5H,1H3. The van der Waals surface area contributed by atoms with E-state index in [9.17, 15) is 4.39 Å². The van der Waals surface area contributed by atoms with Crippen LogP contribution in [0.2, 0.25) is 0 Å². The average molecular weight is 334 g/mol. The molecule has 0 aliphatic heterocycles. The fourth-order valence-electron chi connectivity index (χ4n) is 0.808. The molecule has 0 fully saturated rings. The summed E-state index contributed by atoms with van der Waals surface area (Å²) in [6.07, 6.45) is 1.53. The third-order valence-electron chi connectivity index (χ3n) is 1.54. The van der Waals surface area contributed by atoms with Gasteiger partial charge in [-0.3, -0.25) is 4.98 Å². The minimum atomic E-state index is -1.94. The lowest BCUT2D eigenvalue weighted by Gasteiger charge is -2.09. The van der Waals surface area contributed by atoms with Crippen LogP contribution in [0.15, 0.2) is 18.3 Å². The van der Waals surface area contributed by atoms with E-state index in [4.69, 9.17) is 23.2 Å². The summed E-state index contributed by atoms with van der Waals surface area (Å²) in [5, 5.41) is -0.125. The number of hydrogen-bond acceptors (Lipinski definition) is 1. The highest BCUT2D eigenvalue weighted by Gasteiger charge is 2.25. The van der Waals surface area contributed by atoms with Gasteiger partial charge in [-0.1, -0.05) is 17.7 Å². The van der Waals surface area contributed by atoms with Gasteiger partial charge in [-0.25, -0.2) is 4.39 Å². The van der Waals surface area contributed by atoms with Crippen LogP contribution in [0.3, 0.4) is 0 Å². The Morgan fingerprint density at radius 1 is 1.62 bits per heavy atom. The van der Waals surface area contributed by atoms with Gasteiger partial charge < -0.3 is 0 Å². The lowest BCUT2D eigenvalue weighted by Crippen LogP contribution is -2.04. The number of hydrogen-bond donors (Lipinski definition) is 0. The molecular formula is C8H7Cl2FIN. The van der Waals surface area contributed by atoms with E-state index in [2.05, 4.69) is 4.98 Å². The number of nitrogens with zero attached hydrogens (tertiary/aromatic N) is 1.